The summed E-state index contributed by atoms with van der Waals surface area (Å²) in [5.74, 6) is 0.0962. The molecule has 30 heavy (non-hydrogen) atoms. The summed E-state index contributed by atoms with van der Waals surface area (Å²) in [6.07, 6.45) is 0.493. The van der Waals surface area contributed by atoms with E-state index in [0.717, 1.165) is 11.1 Å². The smallest absolute Gasteiger partial charge is 0.358 e. The minimum atomic E-state index is -0.471. The molecule has 0 saturated carbocycles. The highest BCUT2D eigenvalue weighted by Gasteiger charge is 2.27. The molecule has 0 radical (unpaired) electrons. The van der Waals surface area contributed by atoms with E-state index in [1.54, 1.807) is 30.7 Å². The molecule has 2 aromatic heterocycles. The molecule has 0 aliphatic carbocycles. The first kappa shape index (κ1) is 21.4. The summed E-state index contributed by atoms with van der Waals surface area (Å²) in [5.41, 5.74) is 2.96. The largest absolute Gasteiger partial charge is 0.486 e. The fraction of sp³-hybridized carbons (Fsp3) is 0.348. The number of carbonyl (C=O) groups is 2. The lowest BCUT2D eigenvalue weighted by atomic mass is 10.1. The maximum Gasteiger partial charge on any atom is 0.358 e. The molecule has 3 aromatic rings. The van der Waals surface area contributed by atoms with Gasteiger partial charge in [-0.2, -0.15) is 0 Å². The predicted molar refractivity (Wildman–Crippen MR) is 116 cm³/mol. The van der Waals surface area contributed by atoms with Crippen molar-refractivity contribution in [1.29, 1.82) is 0 Å². The maximum atomic E-state index is 12.7. The van der Waals surface area contributed by atoms with E-state index in [1.165, 1.54) is 0 Å². The van der Waals surface area contributed by atoms with Crippen LogP contribution < -0.4 is 10.1 Å². The molecule has 158 valence electrons. The van der Waals surface area contributed by atoms with Crippen LogP contribution in [0.3, 0.4) is 0 Å². The van der Waals surface area contributed by atoms with Gasteiger partial charge in [-0.25, -0.2) is 9.78 Å². The molecule has 3 rings (SSSR count). The summed E-state index contributed by atoms with van der Waals surface area (Å²) in [7, 11) is 1.78. The minimum Gasteiger partial charge on any atom is -0.486 e. The first-order chi connectivity index (χ1) is 14.4. The number of ether oxygens (including phenoxy) is 2. The van der Waals surface area contributed by atoms with Crippen molar-refractivity contribution in [1.82, 2.24) is 9.55 Å². The predicted octanol–water partition coefficient (Wildman–Crippen LogP) is 4.35. The van der Waals surface area contributed by atoms with E-state index in [0.29, 0.717) is 34.8 Å². The SMILES string of the molecule is CCOC(=O)c1c(OC(C)C)c2nc(NC(=O)c3ccccc3)c(CC)cc2n1C. The van der Waals surface area contributed by atoms with Crippen LogP contribution in [0, 0.1) is 0 Å². The first-order valence-corrected chi connectivity index (χ1v) is 10.1. The molecule has 0 unspecified atom stereocenters. The minimum absolute atomic E-state index is 0.168. The van der Waals surface area contributed by atoms with E-state index in [2.05, 4.69) is 5.32 Å². The summed E-state index contributed by atoms with van der Waals surface area (Å²) < 4.78 is 12.9. The molecule has 7 nitrogen and oxygen atoms in total. The summed E-state index contributed by atoms with van der Waals surface area (Å²) in [5, 5.41) is 2.90. The molecule has 1 N–H and O–H groups in total. The molecule has 2 heterocycles. The van der Waals surface area contributed by atoms with Crippen LogP contribution in [0.5, 0.6) is 5.75 Å². The van der Waals surface area contributed by atoms with Crippen LogP contribution in [-0.2, 0) is 18.2 Å². The topological polar surface area (TPSA) is 82.5 Å². The lowest BCUT2D eigenvalue weighted by molar-refractivity contribution is 0.0509. The Labute approximate surface area is 176 Å². The van der Waals surface area contributed by atoms with Gasteiger partial charge in [0.25, 0.3) is 5.91 Å². The van der Waals surface area contributed by atoms with Gasteiger partial charge < -0.3 is 19.4 Å². The molecule has 1 aromatic carbocycles. The standard InChI is InChI=1S/C23H27N3O4/c1-6-15-13-17-18(24-21(15)25-22(27)16-11-9-8-10-12-16)20(30-14(3)4)19(26(17)5)23(28)29-7-2/h8-14H,6-7H2,1-5H3,(H,24,25,27). The third-order valence-corrected chi connectivity index (χ3v) is 4.68. The van der Waals surface area contributed by atoms with E-state index in [-0.39, 0.29) is 18.6 Å². The van der Waals surface area contributed by atoms with Crippen LogP contribution in [0.1, 0.15) is 54.1 Å². The highest BCUT2D eigenvalue weighted by atomic mass is 16.5. The lowest BCUT2D eigenvalue weighted by Gasteiger charge is -2.12. The number of aromatic nitrogens is 2. The molecule has 0 fully saturated rings. The number of amides is 1. The zero-order chi connectivity index (χ0) is 21.8. The van der Waals surface area contributed by atoms with E-state index in [4.69, 9.17) is 14.5 Å². The van der Waals surface area contributed by atoms with Gasteiger partial charge in [0.15, 0.2) is 11.4 Å². The number of nitrogens with one attached hydrogen (secondary N) is 1. The van der Waals surface area contributed by atoms with Crippen molar-refractivity contribution in [2.24, 2.45) is 7.05 Å². The van der Waals surface area contributed by atoms with E-state index in [1.807, 2.05) is 45.0 Å². The molecule has 0 aliphatic heterocycles. The molecule has 1 amide bonds. The van der Waals surface area contributed by atoms with Gasteiger partial charge in [-0.15, -0.1) is 0 Å². The number of benzene rings is 1. The number of nitrogens with zero attached hydrogens (tertiary/aromatic N) is 2. The second kappa shape index (κ2) is 8.98. The summed E-state index contributed by atoms with van der Waals surface area (Å²) in [6.45, 7) is 7.77. The third kappa shape index (κ3) is 4.15. The molecular formula is C23H27N3O4. The molecule has 0 saturated heterocycles. The zero-order valence-electron chi connectivity index (χ0n) is 18.0. The van der Waals surface area contributed by atoms with Crippen LogP contribution in [0.15, 0.2) is 36.4 Å². The fourth-order valence-corrected chi connectivity index (χ4v) is 3.27. The van der Waals surface area contributed by atoms with Crippen LogP contribution in [-0.4, -0.2) is 34.1 Å². The Kier molecular flexibility index (Phi) is 6.40. The Morgan fingerprint density at radius 1 is 1.17 bits per heavy atom. The average Bonchev–Trinajstić information content (AvgIpc) is 2.98. The van der Waals surface area contributed by atoms with Gasteiger partial charge in [-0.1, -0.05) is 25.1 Å². The van der Waals surface area contributed by atoms with Crippen molar-refractivity contribution in [3.05, 3.63) is 53.2 Å². The number of pyridine rings is 1. The third-order valence-electron chi connectivity index (χ3n) is 4.68. The summed E-state index contributed by atoms with van der Waals surface area (Å²) in [6, 6.07) is 10.9. The molecule has 0 bridgehead atoms. The second-order valence-electron chi connectivity index (χ2n) is 7.16. The second-order valence-corrected chi connectivity index (χ2v) is 7.16. The van der Waals surface area contributed by atoms with Crippen LogP contribution in [0.4, 0.5) is 5.82 Å². The van der Waals surface area contributed by atoms with E-state index >= 15 is 0 Å². The number of esters is 1. The number of aryl methyl sites for hydroxylation is 2. The van der Waals surface area contributed by atoms with Gasteiger partial charge in [-0.3, -0.25) is 4.79 Å². The van der Waals surface area contributed by atoms with Gasteiger partial charge in [-0.05, 0) is 51.0 Å². The molecule has 7 heteroatoms. The Hall–Kier alpha value is -3.35. The van der Waals surface area contributed by atoms with Crippen molar-refractivity contribution < 1.29 is 19.1 Å². The van der Waals surface area contributed by atoms with Crippen molar-refractivity contribution in [3.63, 3.8) is 0 Å². The monoisotopic (exact) mass is 409 g/mol. The molecule has 0 aliphatic rings. The number of carbonyl (C=O) groups excluding carboxylic acids is 2. The quantitative estimate of drug-likeness (QED) is 0.587. The Balaban J connectivity index is 2.15. The van der Waals surface area contributed by atoms with Gasteiger partial charge in [0, 0.05) is 12.6 Å². The number of fused-ring (bicyclic) bond motifs is 1. The van der Waals surface area contributed by atoms with Gasteiger partial charge in [0.2, 0.25) is 0 Å². The fourth-order valence-electron chi connectivity index (χ4n) is 3.27. The van der Waals surface area contributed by atoms with E-state index < -0.39 is 5.97 Å². The molecule has 0 spiro atoms. The number of rotatable bonds is 7. The Morgan fingerprint density at radius 2 is 1.87 bits per heavy atom. The Bertz CT molecular complexity index is 1070. The van der Waals surface area contributed by atoms with Crippen molar-refractivity contribution in [3.8, 4) is 5.75 Å². The maximum absolute atomic E-state index is 12.7. The normalized spacial score (nSPS) is 11.0. The van der Waals surface area contributed by atoms with Gasteiger partial charge in [0.05, 0.1) is 18.2 Å². The highest BCUT2D eigenvalue weighted by molar-refractivity contribution is 6.05. The number of hydrogen-bond acceptors (Lipinski definition) is 5. The van der Waals surface area contributed by atoms with Crippen LogP contribution >= 0.6 is 0 Å². The van der Waals surface area contributed by atoms with Gasteiger partial charge >= 0.3 is 5.97 Å². The zero-order valence-corrected chi connectivity index (χ0v) is 18.0. The van der Waals surface area contributed by atoms with Crippen molar-refractivity contribution in [2.45, 2.75) is 40.2 Å². The number of anilines is 1. The Morgan fingerprint density at radius 3 is 2.47 bits per heavy atom. The average molecular weight is 409 g/mol. The molecule has 0 atom stereocenters. The van der Waals surface area contributed by atoms with Crippen LogP contribution in [0.2, 0.25) is 0 Å². The number of hydrogen-bond donors (Lipinski definition) is 1. The van der Waals surface area contributed by atoms with Crippen LogP contribution in [0.25, 0.3) is 11.0 Å². The van der Waals surface area contributed by atoms with Gasteiger partial charge in [0.1, 0.15) is 11.3 Å². The first-order valence-electron chi connectivity index (χ1n) is 10.1. The van der Waals surface area contributed by atoms with Crippen molar-refractivity contribution >= 4 is 28.7 Å². The lowest BCUT2D eigenvalue weighted by Crippen LogP contribution is -2.14. The summed E-state index contributed by atoms with van der Waals surface area (Å²) >= 11 is 0. The van der Waals surface area contributed by atoms with Crippen molar-refractivity contribution in [2.75, 3.05) is 11.9 Å². The highest BCUT2D eigenvalue weighted by Crippen LogP contribution is 2.35. The molecular weight excluding hydrogens is 382 g/mol. The summed E-state index contributed by atoms with van der Waals surface area (Å²) in [4.78, 5) is 30.0. The van der Waals surface area contributed by atoms with E-state index in [9.17, 15) is 9.59 Å².